The van der Waals surface area contributed by atoms with Crippen molar-refractivity contribution in [3.63, 3.8) is 0 Å². The molecule has 1 aliphatic rings. The number of methoxy groups -OCH3 is 1. The van der Waals surface area contributed by atoms with Gasteiger partial charge in [0.1, 0.15) is 23.4 Å². The number of amides is 1. The molecule has 4 rings (SSSR count). The molecule has 0 saturated carbocycles. The molecule has 1 N–H and O–H groups in total. The molecule has 3 aromatic rings. The van der Waals surface area contributed by atoms with Gasteiger partial charge >= 0.3 is 0 Å². The summed E-state index contributed by atoms with van der Waals surface area (Å²) in [4.78, 5) is 22.6. The van der Waals surface area contributed by atoms with Crippen molar-refractivity contribution in [2.45, 2.75) is 37.8 Å². The summed E-state index contributed by atoms with van der Waals surface area (Å²) in [6, 6.07) is 13.0. The van der Waals surface area contributed by atoms with Crippen LogP contribution in [0.5, 0.6) is 17.2 Å². The van der Waals surface area contributed by atoms with Crippen LogP contribution in [0.15, 0.2) is 47.4 Å². The van der Waals surface area contributed by atoms with Crippen molar-refractivity contribution in [2.24, 2.45) is 0 Å². The molecule has 0 fully saturated rings. The second-order valence-electron chi connectivity index (χ2n) is 8.32. The van der Waals surface area contributed by atoms with Crippen molar-refractivity contribution in [1.82, 2.24) is 9.88 Å². The highest BCUT2D eigenvalue weighted by atomic mass is 32.2. The summed E-state index contributed by atoms with van der Waals surface area (Å²) in [5.41, 5.74) is 1.52. The third kappa shape index (κ3) is 6.76. The first-order chi connectivity index (χ1) is 17.0. The van der Waals surface area contributed by atoms with Crippen LogP contribution < -0.4 is 14.8 Å². The van der Waals surface area contributed by atoms with Crippen molar-refractivity contribution in [3.8, 4) is 17.2 Å². The van der Waals surface area contributed by atoms with Gasteiger partial charge in [-0.05, 0) is 56.1 Å². The molecule has 1 aromatic heterocycles. The van der Waals surface area contributed by atoms with Gasteiger partial charge in [-0.3, -0.25) is 15.0 Å². The molecule has 1 unspecified atom stereocenters. The first kappa shape index (κ1) is 25.5. The molecule has 35 heavy (non-hydrogen) atoms. The third-order valence-electron chi connectivity index (χ3n) is 5.65. The van der Waals surface area contributed by atoms with Crippen LogP contribution in [0.25, 0.3) is 0 Å². The number of aromatic nitrogens is 1. The molecule has 0 bridgehead atoms. The van der Waals surface area contributed by atoms with Crippen LogP contribution in [0, 0.1) is 0 Å². The van der Waals surface area contributed by atoms with Crippen LogP contribution in [-0.4, -0.2) is 55.0 Å². The Hall–Kier alpha value is -2.59. The summed E-state index contributed by atoms with van der Waals surface area (Å²) in [5.74, 6) is 1.49. The summed E-state index contributed by atoms with van der Waals surface area (Å²) >= 11 is 3.21. The Bertz CT molecular complexity index is 1150. The van der Waals surface area contributed by atoms with Crippen LogP contribution in [0.4, 0.5) is 5.13 Å². The lowest BCUT2D eigenvalue weighted by molar-refractivity contribution is 0.0916. The number of thioether (sulfide) groups is 1. The average Bonchev–Trinajstić information content (AvgIpc) is 3.25. The number of fused-ring (bicyclic) bond motifs is 1. The lowest BCUT2D eigenvalue weighted by atomic mass is 10.2. The van der Waals surface area contributed by atoms with Crippen LogP contribution in [0.2, 0.25) is 0 Å². The standard InChI is InChI=1S/C26H31N3O4S2/c1-5-29-11-10-23-24(15-29)35-26(27-23)28-25(30)18-12-20(32-17(2)16-31-3)14-21(13-18)33-19-6-8-22(34-4)9-7-19/h6-9,12-14,17H,5,10-11,15-16H2,1-4H3,(H,27,28,30). The van der Waals surface area contributed by atoms with Crippen molar-refractivity contribution in [1.29, 1.82) is 0 Å². The first-order valence-corrected chi connectivity index (χ1v) is 13.7. The van der Waals surface area contributed by atoms with Gasteiger partial charge in [0.05, 0.1) is 12.3 Å². The maximum Gasteiger partial charge on any atom is 0.257 e. The number of thiazole rings is 1. The molecular weight excluding hydrogens is 482 g/mol. The Morgan fingerprint density at radius 1 is 1.20 bits per heavy atom. The zero-order valence-electron chi connectivity index (χ0n) is 20.5. The molecule has 2 heterocycles. The van der Waals surface area contributed by atoms with Gasteiger partial charge in [0.25, 0.3) is 5.91 Å². The number of ether oxygens (including phenoxy) is 3. The fraction of sp³-hybridized carbons (Fsp3) is 0.385. The molecule has 186 valence electrons. The van der Waals surface area contributed by atoms with Gasteiger partial charge < -0.3 is 14.2 Å². The quantitative estimate of drug-likeness (QED) is 0.349. The molecule has 1 aliphatic heterocycles. The predicted octanol–water partition coefficient (Wildman–Crippen LogP) is 5.70. The highest BCUT2D eigenvalue weighted by Crippen LogP contribution is 2.31. The Morgan fingerprint density at radius 2 is 1.97 bits per heavy atom. The SMILES string of the molecule is CCN1CCc2nc(NC(=O)c3cc(Oc4ccc(SC)cc4)cc(OC(C)COC)c3)sc2C1. The van der Waals surface area contributed by atoms with E-state index in [1.54, 1.807) is 48.4 Å². The molecule has 0 spiro atoms. The number of hydrogen-bond donors (Lipinski definition) is 1. The Kier molecular flexibility index (Phi) is 8.67. The van der Waals surface area contributed by atoms with Crippen molar-refractivity contribution in [2.75, 3.05) is 38.4 Å². The fourth-order valence-electron chi connectivity index (χ4n) is 3.85. The molecule has 0 saturated heterocycles. The van der Waals surface area contributed by atoms with E-state index in [0.717, 1.165) is 36.6 Å². The van der Waals surface area contributed by atoms with Crippen LogP contribution in [0.3, 0.4) is 0 Å². The number of likely N-dealkylation sites (N-methyl/N-ethyl adjacent to an activating group) is 1. The highest BCUT2D eigenvalue weighted by molar-refractivity contribution is 7.98. The fourth-order valence-corrected chi connectivity index (χ4v) is 5.31. The molecule has 2 aromatic carbocycles. The van der Waals surface area contributed by atoms with E-state index in [1.165, 1.54) is 4.88 Å². The summed E-state index contributed by atoms with van der Waals surface area (Å²) in [7, 11) is 1.63. The average molecular weight is 514 g/mol. The van der Waals surface area contributed by atoms with Gasteiger partial charge in [-0.15, -0.1) is 23.1 Å². The van der Waals surface area contributed by atoms with Gasteiger partial charge in [-0.2, -0.15) is 0 Å². The monoisotopic (exact) mass is 513 g/mol. The van der Waals surface area contributed by atoms with E-state index in [1.807, 2.05) is 37.4 Å². The largest absolute Gasteiger partial charge is 0.488 e. The number of nitrogens with zero attached hydrogens (tertiary/aromatic N) is 2. The van der Waals surface area contributed by atoms with E-state index in [4.69, 9.17) is 14.2 Å². The van der Waals surface area contributed by atoms with E-state index < -0.39 is 0 Å². The maximum absolute atomic E-state index is 13.2. The highest BCUT2D eigenvalue weighted by Gasteiger charge is 2.21. The molecule has 9 heteroatoms. The Labute approximate surface area is 214 Å². The normalized spacial score (nSPS) is 14.3. The molecule has 0 radical (unpaired) electrons. The van der Waals surface area contributed by atoms with Crippen molar-refractivity contribution >= 4 is 34.1 Å². The van der Waals surface area contributed by atoms with Crippen molar-refractivity contribution in [3.05, 3.63) is 58.6 Å². The number of rotatable bonds is 10. The van der Waals surface area contributed by atoms with Crippen LogP contribution >= 0.6 is 23.1 Å². The molecule has 1 amide bonds. The van der Waals surface area contributed by atoms with Crippen LogP contribution in [0.1, 0.15) is 34.8 Å². The van der Waals surface area contributed by atoms with E-state index in [9.17, 15) is 4.79 Å². The van der Waals surface area contributed by atoms with Gasteiger partial charge in [0, 0.05) is 48.0 Å². The second kappa shape index (κ2) is 11.9. The van der Waals surface area contributed by atoms with E-state index in [0.29, 0.717) is 34.6 Å². The maximum atomic E-state index is 13.2. The summed E-state index contributed by atoms with van der Waals surface area (Å²) in [6.45, 7) is 7.40. The number of hydrogen-bond acceptors (Lipinski definition) is 8. The minimum Gasteiger partial charge on any atom is -0.488 e. The van der Waals surface area contributed by atoms with Gasteiger partial charge in [-0.1, -0.05) is 6.92 Å². The Balaban J connectivity index is 1.55. The molecule has 7 nitrogen and oxygen atoms in total. The first-order valence-electron chi connectivity index (χ1n) is 11.6. The van der Waals surface area contributed by atoms with E-state index in [-0.39, 0.29) is 12.0 Å². The minimum atomic E-state index is -0.254. The van der Waals surface area contributed by atoms with Gasteiger partial charge in [-0.25, -0.2) is 4.98 Å². The topological polar surface area (TPSA) is 72.9 Å². The summed E-state index contributed by atoms with van der Waals surface area (Å²) in [6.07, 6.45) is 2.75. The van der Waals surface area contributed by atoms with Crippen molar-refractivity contribution < 1.29 is 19.0 Å². The number of carbonyl (C=O) groups excluding carboxylic acids is 1. The number of nitrogens with one attached hydrogen (secondary N) is 1. The lowest BCUT2D eigenvalue weighted by Crippen LogP contribution is -2.29. The van der Waals surface area contributed by atoms with Gasteiger partial charge in [0.15, 0.2) is 5.13 Å². The lowest BCUT2D eigenvalue weighted by Gasteiger charge is -2.23. The zero-order valence-corrected chi connectivity index (χ0v) is 22.1. The predicted molar refractivity (Wildman–Crippen MR) is 141 cm³/mol. The second-order valence-corrected chi connectivity index (χ2v) is 10.3. The Morgan fingerprint density at radius 3 is 2.69 bits per heavy atom. The van der Waals surface area contributed by atoms with Gasteiger partial charge in [0.2, 0.25) is 0 Å². The number of anilines is 1. The summed E-state index contributed by atoms with van der Waals surface area (Å²) in [5, 5.41) is 3.59. The molecule has 1 atom stereocenters. The smallest absolute Gasteiger partial charge is 0.257 e. The number of benzene rings is 2. The minimum absolute atomic E-state index is 0.181. The molecular formula is C26H31N3O4S2. The molecule has 0 aliphatic carbocycles. The summed E-state index contributed by atoms with van der Waals surface area (Å²) < 4.78 is 17.3. The number of carbonyl (C=O) groups is 1. The van der Waals surface area contributed by atoms with Crippen LogP contribution in [-0.2, 0) is 17.7 Å². The zero-order chi connectivity index (χ0) is 24.8. The van der Waals surface area contributed by atoms with E-state index in [2.05, 4.69) is 22.1 Å². The van der Waals surface area contributed by atoms with E-state index >= 15 is 0 Å². The third-order valence-corrected chi connectivity index (χ3v) is 7.40.